The molecule has 6 heteroatoms. The van der Waals surface area contributed by atoms with Gasteiger partial charge >= 0.3 is 5.97 Å². The summed E-state index contributed by atoms with van der Waals surface area (Å²) < 4.78 is 33.6. The van der Waals surface area contributed by atoms with Crippen molar-refractivity contribution in [3.63, 3.8) is 0 Å². The Kier molecular flexibility index (Phi) is 4.84. The molecule has 0 spiro atoms. The van der Waals surface area contributed by atoms with Crippen LogP contribution >= 0.6 is 0 Å². The Morgan fingerprint density at radius 1 is 1.50 bits per heavy atom. The van der Waals surface area contributed by atoms with E-state index in [-0.39, 0.29) is 12.2 Å². The minimum Gasteiger partial charge on any atom is -0.598 e. The quantitative estimate of drug-likeness (QED) is 0.682. The van der Waals surface area contributed by atoms with Crippen molar-refractivity contribution in [2.45, 2.75) is 50.3 Å². The molecule has 4 nitrogen and oxygen atoms in total. The van der Waals surface area contributed by atoms with Crippen molar-refractivity contribution in [2.24, 2.45) is 0 Å². The number of benzene rings is 1. The van der Waals surface area contributed by atoms with Gasteiger partial charge in [-0.2, -0.15) is 0 Å². The van der Waals surface area contributed by atoms with Gasteiger partial charge in [0.2, 0.25) is 0 Å². The number of nitrogens with one attached hydrogen (secondary N) is 1. The van der Waals surface area contributed by atoms with Crippen molar-refractivity contribution >= 4 is 17.3 Å². The summed E-state index contributed by atoms with van der Waals surface area (Å²) in [6.07, 6.45) is 1.32. The first kappa shape index (κ1) is 17.2. The zero-order valence-corrected chi connectivity index (χ0v) is 14.2. The summed E-state index contributed by atoms with van der Waals surface area (Å²) in [6, 6.07) is 4.57. The monoisotopic (exact) mass is 327 g/mol. The van der Waals surface area contributed by atoms with E-state index in [1.165, 1.54) is 19.2 Å². The third-order valence-electron chi connectivity index (χ3n) is 3.93. The fourth-order valence-corrected chi connectivity index (χ4v) is 3.61. The normalized spacial score (nSPS) is 22.3. The van der Waals surface area contributed by atoms with Gasteiger partial charge in [0.15, 0.2) is 0 Å². The second-order valence-corrected chi connectivity index (χ2v) is 8.59. The third-order valence-corrected chi connectivity index (χ3v) is 5.62. The van der Waals surface area contributed by atoms with Crippen molar-refractivity contribution in [3.05, 3.63) is 35.1 Å². The van der Waals surface area contributed by atoms with E-state index >= 15 is 0 Å². The van der Waals surface area contributed by atoms with E-state index in [1.54, 1.807) is 6.07 Å². The van der Waals surface area contributed by atoms with Crippen LogP contribution in [0.5, 0.6) is 0 Å². The van der Waals surface area contributed by atoms with Crippen molar-refractivity contribution in [1.29, 1.82) is 0 Å². The fraction of sp³-hybridized carbons (Fsp3) is 0.562. The van der Waals surface area contributed by atoms with Gasteiger partial charge in [0, 0.05) is 11.4 Å². The number of esters is 1. The standard InChI is InChI=1S/C16H22FNO3S/c1-15(2,3)22(20)18-16(10-14(19)21-4)8-7-11-5-6-12(17)9-13(11)16/h5-6,9,18H,7-8,10H2,1-4H3/t16-,22?/m1/s1. The molecular weight excluding hydrogens is 305 g/mol. The summed E-state index contributed by atoms with van der Waals surface area (Å²) >= 11 is -1.38. The Morgan fingerprint density at radius 2 is 2.18 bits per heavy atom. The summed E-state index contributed by atoms with van der Waals surface area (Å²) in [7, 11) is 1.32. The smallest absolute Gasteiger partial charge is 0.307 e. The molecule has 1 unspecified atom stereocenters. The van der Waals surface area contributed by atoms with Crippen molar-refractivity contribution in [2.75, 3.05) is 7.11 Å². The Labute approximate surface area is 133 Å². The third kappa shape index (κ3) is 3.45. The fourth-order valence-electron chi connectivity index (χ4n) is 2.67. The number of carbonyl (C=O) groups is 1. The van der Waals surface area contributed by atoms with Crippen molar-refractivity contribution in [1.82, 2.24) is 4.72 Å². The molecule has 0 bridgehead atoms. The molecule has 0 radical (unpaired) electrons. The molecule has 0 amide bonds. The minimum atomic E-state index is -1.38. The van der Waals surface area contributed by atoms with E-state index < -0.39 is 27.6 Å². The SMILES string of the molecule is COC(=O)C[C@]1(N[S+]([O-])C(C)(C)C)CCc2ccc(F)cc21. The van der Waals surface area contributed by atoms with Crippen molar-refractivity contribution < 1.29 is 18.5 Å². The van der Waals surface area contributed by atoms with E-state index in [4.69, 9.17) is 4.74 Å². The Balaban J connectivity index is 2.41. The van der Waals surface area contributed by atoms with Gasteiger partial charge in [0.25, 0.3) is 0 Å². The predicted molar refractivity (Wildman–Crippen MR) is 84.1 cm³/mol. The van der Waals surface area contributed by atoms with E-state index in [0.717, 1.165) is 5.56 Å². The lowest BCUT2D eigenvalue weighted by Crippen LogP contribution is -2.51. The van der Waals surface area contributed by atoms with Crippen LogP contribution in [0, 0.1) is 5.82 Å². The summed E-state index contributed by atoms with van der Waals surface area (Å²) in [5, 5.41) is 0. The zero-order chi connectivity index (χ0) is 16.5. The molecule has 1 aromatic carbocycles. The van der Waals surface area contributed by atoms with Crippen molar-refractivity contribution in [3.8, 4) is 0 Å². The average Bonchev–Trinajstić information content (AvgIpc) is 2.76. The molecule has 0 saturated carbocycles. The molecule has 22 heavy (non-hydrogen) atoms. The molecular formula is C16H22FNO3S. The van der Waals surface area contributed by atoms with Gasteiger partial charge in [-0.15, -0.1) is 4.72 Å². The molecule has 0 aliphatic heterocycles. The van der Waals surface area contributed by atoms with Gasteiger partial charge in [-0.1, -0.05) is 6.07 Å². The highest BCUT2D eigenvalue weighted by atomic mass is 32.2. The molecule has 1 aromatic rings. The lowest BCUT2D eigenvalue weighted by Gasteiger charge is -2.34. The predicted octanol–water partition coefficient (Wildman–Crippen LogP) is 2.58. The molecule has 0 aromatic heterocycles. The first-order valence-corrected chi connectivity index (χ1v) is 8.38. The molecule has 0 heterocycles. The van der Waals surface area contributed by atoms with Gasteiger partial charge in [0.1, 0.15) is 10.6 Å². The van der Waals surface area contributed by atoms with Crippen LogP contribution in [0.1, 0.15) is 44.7 Å². The number of rotatable bonds is 4. The number of aryl methyl sites for hydroxylation is 1. The Morgan fingerprint density at radius 3 is 2.77 bits per heavy atom. The highest BCUT2D eigenvalue weighted by molar-refractivity contribution is 7.90. The second-order valence-electron chi connectivity index (χ2n) is 6.62. The first-order chi connectivity index (χ1) is 10.2. The zero-order valence-electron chi connectivity index (χ0n) is 13.4. The van der Waals surface area contributed by atoms with Crippen LogP contribution in [-0.4, -0.2) is 22.4 Å². The van der Waals surface area contributed by atoms with E-state index in [9.17, 15) is 13.7 Å². The number of hydrogen-bond donors (Lipinski definition) is 1. The summed E-state index contributed by atoms with van der Waals surface area (Å²) in [6.45, 7) is 5.55. The maximum Gasteiger partial charge on any atom is 0.307 e. The van der Waals surface area contributed by atoms with Crippen LogP contribution in [0.3, 0.4) is 0 Å². The number of hydrogen-bond acceptors (Lipinski definition) is 4. The number of carbonyl (C=O) groups excluding carboxylic acids is 1. The van der Waals surface area contributed by atoms with Crippen LogP contribution < -0.4 is 4.72 Å². The highest BCUT2D eigenvalue weighted by Gasteiger charge is 2.46. The van der Waals surface area contributed by atoms with Crippen LogP contribution in [0.15, 0.2) is 18.2 Å². The lowest BCUT2D eigenvalue weighted by atomic mass is 9.89. The summed E-state index contributed by atoms with van der Waals surface area (Å²) in [4.78, 5) is 11.8. The maximum atomic E-state index is 13.7. The average molecular weight is 327 g/mol. The molecule has 122 valence electrons. The topological polar surface area (TPSA) is 61.4 Å². The minimum absolute atomic E-state index is 0.0295. The number of halogens is 1. The molecule has 2 atom stereocenters. The molecule has 1 aliphatic rings. The van der Waals surface area contributed by atoms with Gasteiger partial charge in [-0.05, 0) is 56.9 Å². The molecule has 0 fully saturated rings. The van der Waals surface area contributed by atoms with E-state index in [0.29, 0.717) is 18.4 Å². The molecule has 0 saturated heterocycles. The highest BCUT2D eigenvalue weighted by Crippen LogP contribution is 2.41. The number of methoxy groups -OCH3 is 1. The van der Waals surface area contributed by atoms with Crippen LogP contribution in [0.2, 0.25) is 0 Å². The van der Waals surface area contributed by atoms with Gasteiger partial charge in [-0.3, -0.25) is 4.79 Å². The second kappa shape index (κ2) is 6.18. The summed E-state index contributed by atoms with van der Waals surface area (Å²) in [5.41, 5.74) is 0.835. The molecule has 1 N–H and O–H groups in total. The van der Waals surface area contributed by atoms with Gasteiger partial charge in [-0.25, -0.2) is 4.39 Å². The summed E-state index contributed by atoms with van der Waals surface area (Å²) in [5.74, 6) is -0.770. The maximum absolute atomic E-state index is 13.7. The Bertz CT molecular complexity index is 573. The van der Waals surface area contributed by atoms with Gasteiger partial charge in [0.05, 0.1) is 19.1 Å². The molecule has 2 rings (SSSR count). The van der Waals surface area contributed by atoms with Crippen LogP contribution in [0.25, 0.3) is 0 Å². The first-order valence-electron chi connectivity index (χ1n) is 7.23. The van der Waals surface area contributed by atoms with Gasteiger partial charge < -0.3 is 9.29 Å². The number of ether oxygens (including phenoxy) is 1. The van der Waals surface area contributed by atoms with E-state index in [1.807, 2.05) is 20.8 Å². The number of fused-ring (bicyclic) bond motifs is 1. The molecule has 1 aliphatic carbocycles. The van der Waals surface area contributed by atoms with Crippen LogP contribution in [-0.2, 0) is 32.9 Å². The van der Waals surface area contributed by atoms with Crippen LogP contribution in [0.4, 0.5) is 4.39 Å². The lowest BCUT2D eigenvalue weighted by molar-refractivity contribution is -0.142. The van der Waals surface area contributed by atoms with E-state index in [2.05, 4.69) is 4.72 Å². The largest absolute Gasteiger partial charge is 0.598 e. The Hall–Kier alpha value is -1.11.